The fourth-order valence-electron chi connectivity index (χ4n) is 1.70. The Hall–Kier alpha value is -1.80. The van der Waals surface area contributed by atoms with Crippen LogP contribution in [0.4, 0.5) is 10.1 Å². The van der Waals surface area contributed by atoms with E-state index in [4.69, 9.17) is 16.1 Å². The van der Waals surface area contributed by atoms with Crippen molar-refractivity contribution >= 4 is 27.3 Å². The van der Waals surface area contributed by atoms with Gasteiger partial charge in [-0.15, -0.1) is 0 Å². The molecular formula is C11H10ClFN2O4S. The number of phenolic OH excluding ortho intramolecular Hbond substituents is 1. The molecule has 0 radical (unpaired) electrons. The minimum atomic E-state index is -4.08. The molecule has 20 heavy (non-hydrogen) atoms. The summed E-state index contributed by atoms with van der Waals surface area (Å²) in [5.41, 5.74) is -0.216. The van der Waals surface area contributed by atoms with E-state index >= 15 is 0 Å². The molecule has 0 fully saturated rings. The lowest BCUT2D eigenvalue weighted by atomic mass is 10.3. The third kappa shape index (κ3) is 2.56. The molecule has 0 aliphatic heterocycles. The van der Waals surface area contributed by atoms with Crippen molar-refractivity contribution in [2.24, 2.45) is 0 Å². The Kier molecular flexibility index (Phi) is 3.61. The van der Waals surface area contributed by atoms with Gasteiger partial charge in [0.1, 0.15) is 11.5 Å². The highest BCUT2D eigenvalue weighted by molar-refractivity contribution is 7.92. The summed E-state index contributed by atoms with van der Waals surface area (Å²) < 4.78 is 44.4. The molecule has 0 aliphatic carbocycles. The van der Waals surface area contributed by atoms with Crippen LogP contribution in [0.25, 0.3) is 0 Å². The van der Waals surface area contributed by atoms with Crippen LogP contribution in [-0.4, -0.2) is 18.7 Å². The van der Waals surface area contributed by atoms with Gasteiger partial charge in [-0.3, -0.25) is 4.72 Å². The fraction of sp³-hybridized carbons (Fsp3) is 0.182. The molecule has 0 bridgehead atoms. The van der Waals surface area contributed by atoms with Gasteiger partial charge in [0.2, 0.25) is 0 Å². The molecule has 1 aromatic heterocycles. The molecule has 0 spiro atoms. The van der Waals surface area contributed by atoms with Gasteiger partial charge in [-0.25, -0.2) is 12.8 Å². The minimum absolute atomic E-state index is 0.0805. The summed E-state index contributed by atoms with van der Waals surface area (Å²) in [6.45, 7) is 2.87. The second-order valence-electron chi connectivity index (χ2n) is 4.04. The summed E-state index contributed by atoms with van der Waals surface area (Å²) in [5, 5.41) is 12.9. The minimum Gasteiger partial charge on any atom is -0.504 e. The highest BCUT2D eigenvalue weighted by atomic mass is 35.5. The molecule has 1 heterocycles. The van der Waals surface area contributed by atoms with Crippen molar-refractivity contribution < 1.29 is 22.4 Å². The number of rotatable bonds is 3. The van der Waals surface area contributed by atoms with Crippen molar-refractivity contribution in [1.29, 1.82) is 0 Å². The van der Waals surface area contributed by atoms with E-state index in [1.807, 2.05) is 0 Å². The van der Waals surface area contributed by atoms with Crippen LogP contribution in [-0.2, 0) is 10.0 Å². The highest BCUT2D eigenvalue weighted by Crippen LogP contribution is 2.34. The van der Waals surface area contributed by atoms with Crippen LogP contribution in [0.5, 0.6) is 5.75 Å². The molecular weight excluding hydrogens is 311 g/mol. The Labute approximate surface area is 119 Å². The zero-order chi connectivity index (χ0) is 15.1. The fourth-order valence-corrected chi connectivity index (χ4v) is 3.29. The molecule has 1 aromatic carbocycles. The Morgan fingerprint density at radius 3 is 2.60 bits per heavy atom. The maximum absolute atomic E-state index is 13.2. The van der Waals surface area contributed by atoms with Crippen LogP contribution >= 0.6 is 11.6 Å². The number of aromatic nitrogens is 1. The molecule has 2 aromatic rings. The molecule has 0 saturated heterocycles. The number of aromatic hydroxyl groups is 1. The second kappa shape index (κ2) is 4.95. The maximum atomic E-state index is 13.2. The topological polar surface area (TPSA) is 92.4 Å². The SMILES string of the molecule is Cc1noc(C)c1S(=O)(=O)Nc1cc(F)cc(Cl)c1O. The lowest BCUT2D eigenvalue weighted by Gasteiger charge is -2.10. The molecule has 2 N–H and O–H groups in total. The van der Waals surface area contributed by atoms with Crippen LogP contribution in [0, 0.1) is 19.7 Å². The number of anilines is 1. The van der Waals surface area contributed by atoms with E-state index in [1.54, 1.807) is 0 Å². The van der Waals surface area contributed by atoms with Crippen molar-refractivity contribution in [2.75, 3.05) is 4.72 Å². The molecule has 108 valence electrons. The first-order valence-electron chi connectivity index (χ1n) is 5.36. The summed E-state index contributed by atoms with van der Waals surface area (Å²) in [7, 11) is -4.08. The Morgan fingerprint density at radius 1 is 1.40 bits per heavy atom. The molecule has 2 rings (SSSR count). The number of aryl methyl sites for hydroxylation is 2. The summed E-state index contributed by atoms with van der Waals surface area (Å²) in [5.74, 6) is -1.27. The van der Waals surface area contributed by atoms with Crippen LogP contribution in [0.1, 0.15) is 11.5 Å². The van der Waals surface area contributed by atoms with E-state index in [1.165, 1.54) is 13.8 Å². The summed E-state index contributed by atoms with van der Waals surface area (Å²) in [6, 6.07) is 1.68. The molecule has 0 saturated carbocycles. The smallest absolute Gasteiger partial charge is 0.267 e. The molecule has 9 heteroatoms. The van der Waals surface area contributed by atoms with Crippen LogP contribution < -0.4 is 4.72 Å². The zero-order valence-electron chi connectivity index (χ0n) is 10.4. The van der Waals surface area contributed by atoms with E-state index in [0.717, 1.165) is 12.1 Å². The number of sulfonamides is 1. The van der Waals surface area contributed by atoms with Crippen molar-refractivity contribution in [2.45, 2.75) is 18.7 Å². The van der Waals surface area contributed by atoms with Gasteiger partial charge >= 0.3 is 0 Å². The van der Waals surface area contributed by atoms with Gasteiger partial charge < -0.3 is 9.63 Å². The molecule has 0 amide bonds. The Morgan fingerprint density at radius 2 is 2.05 bits per heavy atom. The van der Waals surface area contributed by atoms with Crippen LogP contribution in [0.3, 0.4) is 0 Å². The van der Waals surface area contributed by atoms with Gasteiger partial charge in [0.15, 0.2) is 16.4 Å². The third-order valence-corrected chi connectivity index (χ3v) is 4.41. The van der Waals surface area contributed by atoms with Crippen molar-refractivity contribution in [3.63, 3.8) is 0 Å². The number of hydrogen-bond donors (Lipinski definition) is 2. The number of phenols is 1. The van der Waals surface area contributed by atoms with Crippen molar-refractivity contribution in [1.82, 2.24) is 5.16 Å². The average molecular weight is 321 g/mol. The average Bonchev–Trinajstić information content (AvgIpc) is 2.65. The van der Waals surface area contributed by atoms with Gasteiger partial charge in [0.05, 0.1) is 10.7 Å². The molecule has 6 nitrogen and oxygen atoms in total. The number of halogens is 2. The van der Waals surface area contributed by atoms with Gasteiger partial charge in [-0.2, -0.15) is 0 Å². The summed E-state index contributed by atoms with van der Waals surface area (Å²) >= 11 is 5.58. The Balaban J connectivity index is 2.49. The first-order valence-corrected chi connectivity index (χ1v) is 7.22. The monoisotopic (exact) mass is 320 g/mol. The van der Waals surface area contributed by atoms with Gasteiger partial charge in [0.25, 0.3) is 10.0 Å². The van der Waals surface area contributed by atoms with E-state index in [-0.39, 0.29) is 27.1 Å². The quantitative estimate of drug-likeness (QED) is 0.848. The third-order valence-electron chi connectivity index (χ3n) is 2.51. The first kappa shape index (κ1) is 14.6. The lowest BCUT2D eigenvalue weighted by Crippen LogP contribution is -2.14. The van der Waals surface area contributed by atoms with Gasteiger partial charge in [0, 0.05) is 6.07 Å². The van der Waals surface area contributed by atoms with Crippen molar-refractivity contribution in [3.8, 4) is 5.75 Å². The number of hydrogen-bond acceptors (Lipinski definition) is 5. The number of nitrogens with zero attached hydrogens (tertiary/aromatic N) is 1. The van der Waals surface area contributed by atoms with Gasteiger partial charge in [-0.1, -0.05) is 16.8 Å². The Bertz CT molecular complexity index is 753. The summed E-state index contributed by atoms with van der Waals surface area (Å²) in [4.78, 5) is -0.169. The first-order chi connectivity index (χ1) is 9.22. The predicted molar refractivity (Wildman–Crippen MR) is 69.9 cm³/mol. The number of nitrogens with one attached hydrogen (secondary N) is 1. The van der Waals surface area contributed by atoms with E-state index in [2.05, 4.69) is 9.88 Å². The van der Waals surface area contributed by atoms with Gasteiger partial charge in [-0.05, 0) is 19.9 Å². The lowest BCUT2D eigenvalue weighted by molar-refractivity contribution is 0.390. The largest absolute Gasteiger partial charge is 0.504 e. The van der Waals surface area contributed by atoms with Crippen LogP contribution in [0.2, 0.25) is 5.02 Å². The van der Waals surface area contributed by atoms with E-state index in [0.29, 0.717) is 0 Å². The normalized spacial score (nSPS) is 11.6. The highest BCUT2D eigenvalue weighted by Gasteiger charge is 2.25. The zero-order valence-corrected chi connectivity index (χ0v) is 12.0. The summed E-state index contributed by atoms with van der Waals surface area (Å²) in [6.07, 6.45) is 0. The van der Waals surface area contributed by atoms with Crippen LogP contribution in [0.15, 0.2) is 21.6 Å². The van der Waals surface area contributed by atoms with Crippen molar-refractivity contribution in [3.05, 3.63) is 34.4 Å². The standard InChI is InChI=1S/C11H10ClFN2O4S/c1-5-11(6(2)19-14-5)20(17,18)15-9-4-7(13)3-8(12)10(9)16/h3-4,15-16H,1-2H3. The predicted octanol–water partition coefficient (Wildman–Crippen LogP) is 2.59. The second-order valence-corrected chi connectivity index (χ2v) is 6.07. The van der Waals surface area contributed by atoms with E-state index in [9.17, 15) is 17.9 Å². The molecule has 0 unspecified atom stereocenters. The molecule has 0 aliphatic rings. The molecule has 0 atom stereocenters. The van der Waals surface area contributed by atoms with E-state index < -0.39 is 21.6 Å². The maximum Gasteiger partial charge on any atom is 0.267 e. The number of benzene rings is 1.